The number of rotatable bonds is 4. The molecular formula is C16H22O2. The molecule has 0 saturated carbocycles. The first-order chi connectivity index (χ1) is 8.47. The number of aliphatic hydroxyl groups is 1. The fourth-order valence-electron chi connectivity index (χ4n) is 1.65. The molecule has 2 heteroatoms. The summed E-state index contributed by atoms with van der Waals surface area (Å²) in [6, 6.07) is 7.84. The van der Waals surface area contributed by atoms with E-state index in [4.69, 9.17) is 9.84 Å². The minimum Gasteiger partial charge on any atom is -0.497 e. The SMILES string of the molecule is COc1ccc(C=C=C(CCO)C(C)(C)C)cc1. The summed E-state index contributed by atoms with van der Waals surface area (Å²) in [7, 11) is 1.66. The third-order valence-corrected chi connectivity index (χ3v) is 2.80. The van der Waals surface area contributed by atoms with E-state index in [1.54, 1.807) is 7.11 Å². The van der Waals surface area contributed by atoms with Crippen LogP contribution >= 0.6 is 0 Å². The molecule has 2 nitrogen and oxygen atoms in total. The van der Waals surface area contributed by atoms with Crippen LogP contribution < -0.4 is 4.74 Å². The van der Waals surface area contributed by atoms with Crippen molar-refractivity contribution in [1.82, 2.24) is 0 Å². The molecule has 0 aliphatic heterocycles. The molecule has 0 heterocycles. The number of hydrogen-bond acceptors (Lipinski definition) is 2. The van der Waals surface area contributed by atoms with Gasteiger partial charge in [-0.05, 0) is 41.2 Å². The summed E-state index contributed by atoms with van der Waals surface area (Å²) >= 11 is 0. The van der Waals surface area contributed by atoms with Crippen LogP contribution in [-0.4, -0.2) is 18.8 Å². The molecule has 0 aliphatic carbocycles. The Hall–Kier alpha value is -1.50. The van der Waals surface area contributed by atoms with Gasteiger partial charge in [0.25, 0.3) is 0 Å². The molecule has 18 heavy (non-hydrogen) atoms. The first-order valence-electron chi connectivity index (χ1n) is 6.18. The Bertz CT molecular complexity index is 429. The smallest absolute Gasteiger partial charge is 0.118 e. The van der Waals surface area contributed by atoms with E-state index in [0.717, 1.165) is 16.9 Å². The van der Waals surface area contributed by atoms with E-state index in [-0.39, 0.29) is 12.0 Å². The van der Waals surface area contributed by atoms with Gasteiger partial charge in [0.15, 0.2) is 0 Å². The Morgan fingerprint density at radius 3 is 2.33 bits per heavy atom. The van der Waals surface area contributed by atoms with Crippen LogP contribution in [0.1, 0.15) is 32.8 Å². The summed E-state index contributed by atoms with van der Waals surface area (Å²) in [5.41, 5.74) is 5.54. The molecule has 0 bridgehead atoms. The van der Waals surface area contributed by atoms with Gasteiger partial charge in [0.05, 0.1) is 7.11 Å². The molecule has 1 aromatic rings. The highest BCUT2D eigenvalue weighted by Gasteiger charge is 2.15. The van der Waals surface area contributed by atoms with Gasteiger partial charge in [-0.2, -0.15) is 0 Å². The maximum atomic E-state index is 9.07. The zero-order valence-electron chi connectivity index (χ0n) is 11.7. The second-order valence-electron chi connectivity index (χ2n) is 5.26. The van der Waals surface area contributed by atoms with Crippen LogP contribution in [-0.2, 0) is 0 Å². The van der Waals surface area contributed by atoms with E-state index in [0.29, 0.717) is 6.42 Å². The van der Waals surface area contributed by atoms with Crippen molar-refractivity contribution < 1.29 is 9.84 Å². The summed E-state index contributed by atoms with van der Waals surface area (Å²) < 4.78 is 5.12. The van der Waals surface area contributed by atoms with E-state index in [1.165, 1.54) is 0 Å². The summed E-state index contributed by atoms with van der Waals surface area (Å²) in [5, 5.41) is 9.07. The molecule has 1 rings (SSSR count). The number of hydrogen-bond donors (Lipinski definition) is 1. The predicted octanol–water partition coefficient (Wildman–Crippen LogP) is 3.66. The monoisotopic (exact) mass is 246 g/mol. The normalized spacial score (nSPS) is 10.7. The molecule has 0 fully saturated rings. The highest BCUT2D eigenvalue weighted by Crippen LogP contribution is 2.27. The van der Waals surface area contributed by atoms with Gasteiger partial charge in [-0.3, -0.25) is 0 Å². The molecule has 0 saturated heterocycles. The van der Waals surface area contributed by atoms with Crippen LogP contribution in [0.15, 0.2) is 35.6 Å². The second kappa shape index (κ2) is 6.44. The maximum Gasteiger partial charge on any atom is 0.118 e. The minimum atomic E-state index is 0.0334. The first kappa shape index (κ1) is 14.6. The molecule has 0 radical (unpaired) electrons. The van der Waals surface area contributed by atoms with Crippen LogP contribution in [0.5, 0.6) is 5.75 Å². The molecule has 98 valence electrons. The number of benzene rings is 1. The van der Waals surface area contributed by atoms with Gasteiger partial charge in [-0.1, -0.05) is 32.9 Å². The van der Waals surface area contributed by atoms with Gasteiger partial charge in [0.2, 0.25) is 0 Å². The molecule has 0 aliphatic rings. The van der Waals surface area contributed by atoms with Crippen molar-refractivity contribution in [1.29, 1.82) is 0 Å². The third-order valence-electron chi connectivity index (χ3n) is 2.80. The van der Waals surface area contributed by atoms with E-state index in [9.17, 15) is 0 Å². The molecule has 1 aromatic carbocycles. The van der Waals surface area contributed by atoms with Gasteiger partial charge in [-0.25, -0.2) is 0 Å². The molecule has 0 spiro atoms. The van der Waals surface area contributed by atoms with Gasteiger partial charge in [0, 0.05) is 6.61 Å². The number of methoxy groups -OCH3 is 1. The van der Waals surface area contributed by atoms with Crippen molar-refractivity contribution in [3.63, 3.8) is 0 Å². The van der Waals surface area contributed by atoms with Crippen molar-refractivity contribution in [3.05, 3.63) is 41.1 Å². The summed E-state index contributed by atoms with van der Waals surface area (Å²) in [6.45, 7) is 6.56. The molecular weight excluding hydrogens is 224 g/mol. The van der Waals surface area contributed by atoms with Crippen molar-refractivity contribution in [2.45, 2.75) is 27.2 Å². The van der Waals surface area contributed by atoms with Gasteiger partial charge < -0.3 is 9.84 Å². The maximum absolute atomic E-state index is 9.07. The predicted molar refractivity (Wildman–Crippen MR) is 75.6 cm³/mol. The Labute approximate surface area is 110 Å². The lowest BCUT2D eigenvalue weighted by atomic mass is 9.85. The first-order valence-corrected chi connectivity index (χ1v) is 6.18. The fourth-order valence-corrected chi connectivity index (χ4v) is 1.65. The highest BCUT2D eigenvalue weighted by molar-refractivity contribution is 5.50. The summed E-state index contributed by atoms with van der Waals surface area (Å²) in [4.78, 5) is 0. The molecule has 0 aromatic heterocycles. The van der Waals surface area contributed by atoms with E-state index < -0.39 is 0 Å². The zero-order valence-corrected chi connectivity index (χ0v) is 11.7. The molecule has 0 atom stereocenters. The molecule has 0 unspecified atom stereocenters. The van der Waals surface area contributed by atoms with Crippen LogP contribution in [0.4, 0.5) is 0 Å². The van der Waals surface area contributed by atoms with Gasteiger partial charge in [-0.15, -0.1) is 5.73 Å². The zero-order chi connectivity index (χ0) is 13.6. The second-order valence-corrected chi connectivity index (χ2v) is 5.26. The number of ether oxygens (including phenoxy) is 1. The van der Waals surface area contributed by atoms with Crippen LogP contribution in [0, 0.1) is 5.41 Å². The number of aliphatic hydroxyl groups excluding tert-OH is 1. The average molecular weight is 246 g/mol. The minimum absolute atomic E-state index is 0.0334. The van der Waals surface area contributed by atoms with Crippen molar-refractivity contribution in [2.75, 3.05) is 13.7 Å². The fraction of sp³-hybridized carbons (Fsp3) is 0.438. The summed E-state index contributed by atoms with van der Waals surface area (Å²) in [5.74, 6) is 0.850. The van der Waals surface area contributed by atoms with Gasteiger partial charge >= 0.3 is 0 Å². The Morgan fingerprint density at radius 1 is 1.28 bits per heavy atom. The van der Waals surface area contributed by atoms with E-state index >= 15 is 0 Å². The van der Waals surface area contributed by atoms with Gasteiger partial charge in [0.1, 0.15) is 5.75 Å². The quantitative estimate of drug-likeness (QED) is 0.821. The topological polar surface area (TPSA) is 29.5 Å². The van der Waals surface area contributed by atoms with Crippen molar-refractivity contribution in [3.8, 4) is 5.75 Å². The Morgan fingerprint density at radius 2 is 1.89 bits per heavy atom. The van der Waals surface area contributed by atoms with E-state index in [2.05, 4.69) is 26.5 Å². The van der Waals surface area contributed by atoms with E-state index in [1.807, 2.05) is 30.3 Å². The third kappa shape index (κ3) is 4.40. The van der Waals surface area contributed by atoms with Crippen molar-refractivity contribution >= 4 is 6.08 Å². The molecule has 1 N–H and O–H groups in total. The van der Waals surface area contributed by atoms with Crippen molar-refractivity contribution in [2.24, 2.45) is 5.41 Å². The largest absolute Gasteiger partial charge is 0.497 e. The lowest BCUT2D eigenvalue weighted by molar-refractivity contribution is 0.288. The lowest BCUT2D eigenvalue weighted by Crippen LogP contribution is -2.09. The van der Waals surface area contributed by atoms with Crippen LogP contribution in [0.3, 0.4) is 0 Å². The summed E-state index contributed by atoms with van der Waals surface area (Å²) in [6.07, 6.45) is 2.62. The Kier molecular flexibility index (Phi) is 5.21. The highest BCUT2D eigenvalue weighted by atomic mass is 16.5. The Balaban J connectivity index is 2.98. The van der Waals surface area contributed by atoms with Crippen LogP contribution in [0.25, 0.3) is 6.08 Å². The molecule has 0 amide bonds. The standard InChI is InChI=1S/C16H22O2/c1-16(2,3)14(11-12-17)8-5-13-6-9-15(18-4)10-7-13/h5-7,9-10,17H,11-12H2,1-4H3. The average Bonchev–Trinajstić information content (AvgIpc) is 2.33. The lowest BCUT2D eigenvalue weighted by Gasteiger charge is -2.20. The van der Waals surface area contributed by atoms with Crippen LogP contribution in [0.2, 0.25) is 0 Å².